The maximum absolute atomic E-state index is 2.64. The smallest absolute Gasteiger partial charge is 0.0856 e. The van der Waals surface area contributed by atoms with E-state index in [9.17, 15) is 0 Å². The highest BCUT2D eigenvalue weighted by atomic mass is 14.6. The van der Waals surface area contributed by atoms with Gasteiger partial charge in [0.05, 0.1) is 0 Å². The second kappa shape index (κ2) is 4.57. The molecule has 6 aliphatic carbocycles. The summed E-state index contributed by atoms with van der Waals surface area (Å²) in [7, 11) is 0. The summed E-state index contributed by atoms with van der Waals surface area (Å²) >= 11 is 0. The normalized spacial score (nSPS) is 54.1. The van der Waals surface area contributed by atoms with Gasteiger partial charge in [0.15, 0.2) is 0 Å². The van der Waals surface area contributed by atoms with Crippen LogP contribution in [-0.2, 0) is 0 Å². The largest absolute Gasteiger partial charge is 0.143 e. The number of hydrogen-bond acceptors (Lipinski definition) is 0. The van der Waals surface area contributed by atoms with Crippen LogP contribution in [0.3, 0.4) is 0 Å². The Labute approximate surface area is 139 Å². The van der Waals surface area contributed by atoms with Gasteiger partial charge >= 0.3 is 0 Å². The van der Waals surface area contributed by atoms with Crippen molar-refractivity contribution in [3.05, 3.63) is 0 Å². The van der Waals surface area contributed by atoms with Crippen molar-refractivity contribution >= 4 is 6.71 Å². The Hall–Kier alpha value is 0.0649. The van der Waals surface area contributed by atoms with E-state index in [0.29, 0.717) is 10.8 Å². The molecule has 0 saturated heterocycles. The molecule has 0 aromatic heterocycles. The maximum Gasteiger partial charge on any atom is 0.143 e. The Morgan fingerprint density at radius 2 is 1.05 bits per heavy atom. The molecule has 0 nitrogen and oxygen atoms in total. The zero-order chi connectivity index (χ0) is 16.0. The van der Waals surface area contributed by atoms with Crippen LogP contribution in [0.25, 0.3) is 0 Å². The molecule has 0 radical (unpaired) electrons. The van der Waals surface area contributed by atoms with Crippen LogP contribution in [0.15, 0.2) is 0 Å². The summed E-state index contributed by atoms with van der Waals surface area (Å²) in [6.07, 6.45) is 6.15. The number of fused-ring (bicyclic) bond motifs is 4. The fourth-order valence-corrected chi connectivity index (χ4v) is 8.08. The molecule has 0 aromatic carbocycles. The van der Waals surface area contributed by atoms with Gasteiger partial charge in [-0.25, -0.2) is 0 Å². The molecule has 0 amide bonds. The van der Waals surface area contributed by atoms with Crippen LogP contribution in [0.2, 0.25) is 18.5 Å². The maximum atomic E-state index is 2.64. The molecule has 0 N–H and O–H groups in total. The number of rotatable bonds is 2. The summed E-state index contributed by atoms with van der Waals surface area (Å²) in [6, 6.07) is 0. The van der Waals surface area contributed by atoms with E-state index in [1.54, 1.807) is 0 Å². The molecule has 0 aromatic rings. The van der Waals surface area contributed by atoms with Crippen LogP contribution in [-0.4, -0.2) is 6.71 Å². The Morgan fingerprint density at radius 1 is 0.682 bits per heavy atom. The van der Waals surface area contributed by atoms with Gasteiger partial charge in [-0.05, 0) is 59.2 Å². The highest BCUT2D eigenvalue weighted by molar-refractivity contribution is 6.61. The van der Waals surface area contributed by atoms with Crippen LogP contribution in [0.4, 0.5) is 0 Å². The van der Waals surface area contributed by atoms with Gasteiger partial charge in [-0.1, -0.05) is 72.8 Å². The molecule has 4 unspecified atom stereocenters. The van der Waals surface area contributed by atoms with Gasteiger partial charge < -0.3 is 0 Å². The molecule has 4 bridgehead atoms. The summed E-state index contributed by atoms with van der Waals surface area (Å²) in [6.45, 7) is 19.0. The molecular weight excluding hydrogens is 263 g/mol. The standard InChI is InChI=1S/C21H37B/c1-12-16-8-14(20(16,3)4)10-18(12)22(7)19-11-15-9-17(13(19)2)21(15,5)6/h12-19H,8-11H2,1-7H3/t12-,13-,14?,15?,16-,17-,18?,19?/m1/s1. The summed E-state index contributed by atoms with van der Waals surface area (Å²) in [5.41, 5.74) is 1.30. The third kappa shape index (κ3) is 1.78. The number of hydrogen-bond donors (Lipinski definition) is 0. The summed E-state index contributed by atoms with van der Waals surface area (Å²) in [4.78, 5) is 0. The van der Waals surface area contributed by atoms with Gasteiger partial charge in [0, 0.05) is 0 Å². The van der Waals surface area contributed by atoms with Gasteiger partial charge in [0.2, 0.25) is 0 Å². The lowest BCUT2D eigenvalue weighted by Crippen LogP contribution is -2.59. The van der Waals surface area contributed by atoms with Crippen LogP contribution in [0.5, 0.6) is 0 Å². The Morgan fingerprint density at radius 3 is 1.32 bits per heavy atom. The third-order valence-electron chi connectivity index (χ3n) is 10.2. The minimum Gasteiger partial charge on any atom is -0.0856 e. The van der Waals surface area contributed by atoms with Crippen molar-refractivity contribution in [1.82, 2.24) is 0 Å². The minimum atomic E-state index is 0.651. The van der Waals surface area contributed by atoms with E-state index in [4.69, 9.17) is 0 Å². The first-order chi connectivity index (χ1) is 10.2. The van der Waals surface area contributed by atoms with E-state index in [1.807, 2.05) is 0 Å². The van der Waals surface area contributed by atoms with Crippen LogP contribution in [0.1, 0.15) is 67.2 Å². The van der Waals surface area contributed by atoms with E-state index in [2.05, 4.69) is 48.4 Å². The van der Waals surface area contributed by atoms with Gasteiger partial charge in [-0.2, -0.15) is 0 Å². The monoisotopic (exact) mass is 300 g/mol. The van der Waals surface area contributed by atoms with Crippen LogP contribution >= 0.6 is 0 Å². The minimum absolute atomic E-state index is 0.651. The molecular formula is C21H37B. The SMILES string of the molecule is CB(C1CC2C[C@H]([C@H]1C)C2(C)C)C1CC2C[C@H]([C@H]1C)C2(C)C. The predicted molar refractivity (Wildman–Crippen MR) is 97.4 cm³/mol. The second-order valence-electron chi connectivity index (χ2n) is 11.1. The Bertz CT molecular complexity index is 423. The van der Waals surface area contributed by atoms with E-state index in [1.165, 1.54) is 25.7 Å². The average Bonchev–Trinajstić information content (AvgIpc) is 2.45. The fraction of sp³-hybridized carbons (Fsp3) is 1.00. The molecule has 0 aliphatic heterocycles. The van der Waals surface area contributed by atoms with Gasteiger partial charge in [-0.15, -0.1) is 0 Å². The van der Waals surface area contributed by atoms with E-state index in [-0.39, 0.29) is 0 Å². The summed E-state index contributed by atoms with van der Waals surface area (Å²) in [5.74, 6) is 8.07. The van der Waals surface area contributed by atoms with E-state index in [0.717, 1.165) is 53.9 Å². The highest BCUT2D eigenvalue weighted by Crippen LogP contribution is 2.69. The molecule has 8 atom stereocenters. The van der Waals surface area contributed by atoms with Crippen molar-refractivity contribution in [3.8, 4) is 0 Å². The first-order valence-corrected chi connectivity index (χ1v) is 10.2. The molecule has 0 spiro atoms. The highest BCUT2D eigenvalue weighted by Gasteiger charge is 2.61. The van der Waals surface area contributed by atoms with Crippen molar-refractivity contribution < 1.29 is 0 Å². The molecule has 6 fully saturated rings. The lowest BCUT2D eigenvalue weighted by Gasteiger charge is -2.66. The van der Waals surface area contributed by atoms with Crippen LogP contribution < -0.4 is 0 Å². The van der Waals surface area contributed by atoms with Gasteiger partial charge in [-0.3, -0.25) is 0 Å². The zero-order valence-electron chi connectivity index (χ0n) is 16.0. The third-order valence-corrected chi connectivity index (χ3v) is 10.2. The van der Waals surface area contributed by atoms with Crippen molar-refractivity contribution in [3.63, 3.8) is 0 Å². The van der Waals surface area contributed by atoms with Crippen molar-refractivity contribution in [2.45, 2.75) is 85.7 Å². The molecule has 124 valence electrons. The average molecular weight is 300 g/mol. The Kier molecular flexibility index (Phi) is 3.24. The van der Waals surface area contributed by atoms with Gasteiger partial charge in [0.1, 0.15) is 6.71 Å². The summed E-state index contributed by atoms with van der Waals surface area (Å²) in [5, 5.41) is 0. The molecule has 1 heteroatoms. The molecule has 6 aliphatic rings. The zero-order valence-corrected chi connectivity index (χ0v) is 16.0. The Balaban J connectivity index is 1.49. The first-order valence-electron chi connectivity index (χ1n) is 10.2. The van der Waals surface area contributed by atoms with Crippen LogP contribution in [0, 0.1) is 46.3 Å². The van der Waals surface area contributed by atoms with E-state index >= 15 is 0 Å². The van der Waals surface area contributed by atoms with Crippen molar-refractivity contribution in [1.29, 1.82) is 0 Å². The molecule has 22 heavy (non-hydrogen) atoms. The fourth-order valence-electron chi connectivity index (χ4n) is 8.08. The molecule has 6 saturated carbocycles. The second-order valence-corrected chi connectivity index (χ2v) is 11.1. The van der Waals surface area contributed by atoms with Crippen molar-refractivity contribution in [2.24, 2.45) is 46.3 Å². The van der Waals surface area contributed by atoms with E-state index < -0.39 is 0 Å². The van der Waals surface area contributed by atoms with Crippen molar-refractivity contribution in [2.75, 3.05) is 0 Å². The van der Waals surface area contributed by atoms with Gasteiger partial charge in [0.25, 0.3) is 0 Å². The molecule has 6 rings (SSSR count). The lowest BCUT2D eigenvalue weighted by atomic mass is 9.22. The predicted octanol–water partition coefficient (Wildman–Crippen LogP) is 6.26. The summed E-state index contributed by atoms with van der Waals surface area (Å²) < 4.78 is 0. The first kappa shape index (κ1) is 15.6. The quantitative estimate of drug-likeness (QED) is 0.528. The molecule has 0 heterocycles. The topological polar surface area (TPSA) is 0 Å². The lowest BCUT2D eigenvalue weighted by molar-refractivity contribution is -0.107.